The van der Waals surface area contributed by atoms with Gasteiger partial charge in [0.2, 0.25) is 11.8 Å². The van der Waals surface area contributed by atoms with Gasteiger partial charge in [0.25, 0.3) is 0 Å². The number of nitrogens with one attached hydrogen (secondary N) is 1. The first-order chi connectivity index (χ1) is 15.1. The maximum absolute atomic E-state index is 12.2. The summed E-state index contributed by atoms with van der Waals surface area (Å²) >= 11 is 0. The highest BCUT2D eigenvalue weighted by Gasteiger charge is 2.08. The van der Waals surface area contributed by atoms with Crippen LogP contribution in [0.25, 0.3) is 5.82 Å². The highest BCUT2D eigenvalue weighted by molar-refractivity contribution is 5.90. The van der Waals surface area contributed by atoms with Gasteiger partial charge in [0.15, 0.2) is 5.82 Å². The van der Waals surface area contributed by atoms with Gasteiger partial charge in [0.05, 0.1) is 5.69 Å². The maximum Gasteiger partial charge on any atom is 0.238 e. The smallest absolute Gasteiger partial charge is 0.238 e. The van der Waals surface area contributed by atoms with E-state index < -0.39 is 0 Å². The Kier molecular flexibility index (Phi) is 6.03. The molecule has 0 aliphatic rings. The SMILES string of the molecule is Cc1ncn(-c2ccc(Oc3ccc(NC(=O)CCc4ccccc4)cc3)nn2)c1C. The first kappa shape index (κ1) is 20.3. The second-order valence-electron chi connectivity index (χ2n) is 7.18. The fourth-order valence-electron chi connectivity index (χ4n) is 3.08. The molecule has 0 aliphatic heterocycles. The van der Waals surface area contributed by atoms with E-state index in [-0.39, 0.29) is 5.91 Å². The summed E-state index contributed by atoms with van der Waals surface area (Å²) in [4.78, 5) is 16.4. The number of aryl methyl sites for hydroxylation is 2. The van der Waals surface area contributed by atoms with Crippen LogP contribution in [0.5, 0.6) is 11.6 Å². The standard InChI is InChI=1S/C24H23N5O2/c1-17-18(2)29(16-25-17)22-13-15-24(28-27-22)31-21-11-9-20(10-12-21)26-23(30)14-8-19-6-4-3-5-7-19/h3-7,9-13,15-16H,8,14H2,1-2H3,(H,26,30). The molecule has 1 amide bonds. The summed E-state index contributed by atoms with van der Waals surface area (Å²) in [7, 11) is 0. The van der Waals surface area contributed by atoms with Gasteiger partial charge in [-0.15, -0.1) is 10.2 Å². The zero-order chi connectivity index (χ0) is 21.6. The highest BCUT2D eigenvalue weighted by atomic mass is 16.5. The Bertz CT molecular complexity index is 1150. The summed E-state index contributed by atoms with van der Waals surface area (Å²) in [6.45, 7) is 3.93. The fourth-order valence-corrected chi connectivity index (χ4v) is 3.08. The third-order valence-electron chi connectivity index (χ3n) is 4.97. The van der Waals surface area contributed by atoms with Gasteiger partial charge < -0.3 is 10.1 Å². The molecule has 0 atom stereocenters. The summed E-state index contributed by atoms with van der Waals surface area (Å²) in [5.74, 6) is 1.65. The normalized spacial score (nSPS) is 10.6. The van der Waals surface area contributed by atoms with Crippen molar-refractivity contribution < 1.29 is 9.53 Å². The summed E-state index contributed by atoms with van der Waals surface area (Å²) in [5, 5.41) is 11.3. The Hall–Kier alpha value is -4.00. The topological polar surface area (TPSA) is 81.9 Å². The molecule has 4 aromatic rings. The first-order valence-corrected chi connectivity index (χ1v) is 10.0. The Morgan fingerprint density at radius 3 is 2.39 bits per heavy atom. The van der Waals surface area contributed by atoms with Crippen LogP contribution in [-0.2, 0) is 11.2 Å². The number of aromatic nitrogens is 4. The molecule has 1 N–H and O–H groups in total. The number of carbonyl (C=O) groups excluding carboxylic acids is 1. The largest absolute Gasteiger partial charge is 0.438 e. The van der Waals surface area contributed by atoms with Crippen LogP contribution in [0.3, 0.4) is 0 Å². The third kappa shape index (κ3) is 5.14. The van der Waals surface area contributed by atoms with Crippen molar-refractivity contribution in [3.63, 3.8) is 0 Å². The zero-order valence-corrected chi connectivity index (χ0v) is 17.4. The van der Waals surface area contributed by atoms with E-state index in [0.717, 1.165) is 22.6 Å². The van der Waals surface area contributed by atoms with Crippen molar-refractivity contribution in [2.45, 2.75) is 26.7 Å². The first-order valence-electron chi connectivity index (χ1n) is 10.0. The van der Waals surface area contributed by atoms with Gasteiger partial charge in [-0.2, -0.15) is 0 Å². The number of rotatable bonds is 7. The molecule has 0 saturated carbocycles. The van der Waals surface area contributed by atoms with E-state index in [1.54, 1.807) is 36.7 Å². The average Bonchev–Trinajstić information content (AvgIpc) is 3.13. The van der Waals surface area contributed by atoms with E-state index >= 15 is 0 Å². The minimum atomic E-state index is -0.0241. The third-order valence-corrected chi connectivity index (χ3v) is 4.97. The molecule has 0 bridgehead atoms. The molecule has 2 aromatic heterocycles. The van der Waals surface area contributed by atoms with Crippen LogP contribution in [0.15, 0.2) is 73.1 Å². The van der Waals surface area contributed by atoms with Crippen LogP contribution in [0.1, 0.15) is 23.4 Å². The van der Waals surface area contributed by atoms with Crippen molar-refractivity contribution in [3.05, 3.63) is 90.0 Å². The molecule has 2 aromatic carbocycles. The lowest BCUT2D eigenvalue weighted by molar-refractivity contribution is -0.116. The summed E-state index contributed by atoms with van der Waals surface area (Å²) in [5.41, 5.74) is 3.84. The van der Waals surface area contributed by atoms with Crippen molar-refractivity contribution in [3.8, 4) is 17.4 Å². The molecule has 0 aliphatic carbocycles. The van der Waals surface area contributed by atoms with Crippen molar-refractivity contribution in [1.82, 2.24) is 19.7 Å². The molecular formula is C24H23N5O2. The molecular weight excluding hydrogens is 390 g/mol. The van der Waals surface area contributed by atoms with Crippen molar-refractivity contribution in [2.75, 3.05) is 5.32 Å². The number of anilines is 1. The lowest BCUT2D eigenvalue weighted by Gasteiger charge is -2.08. The van der Waals surface area contributed by atoms with E-state index in [0.29, 0.717) is 30.3 Å². The van der Waals surface area contributed by atoms with Gasteiger partial charge in [-0.05, 0) is 56.2 Å². The number of nitrogens with zero attached hydrogens (tertiary/aromatic N) is 4. The molecule has 7 heteroatoms. The summed E-state index contributed by atoms with van der Waals surface area (Å²) < 4.78 is 7.64. The second kappa shape index (κ2) is 9.21. The Morgan fingerprint density at radius 2 is 1.74 bits per heavy atom. The van der Waals surface area contributed by atoms with Crippen molar-refractivity contribution in [1.29, 1.82) is 0 Å². The lowest BCUT2D eigenvalue weighted by atomic mass is 10.1. The average molecular weight is 413 g/mol. The minimum absolute atomic E-state index is 0.0241. The molecule has 0 radical (unpaired) electrons. The minimum Gasteiger partial charge on any atom is -0.438 e. The molecule has 156 valence electrons. The number of amides is 1. The molecule has 4 rings (SSSR count). The molecule has 0 saturated heterocycles. The fraction of sp³-hybridized carbons (Fsp3) is 0.167. The summed E-state index contributed by atoms with van der Waals surface area (Å²) in [6, 6.07) is 20.7. The van der Waals surface area contributed by atoms with Crippen LogP contribution < -0.4 is 10.1 Å². The molecule has 2 heterocycles. The molecule has 7 nitrogen and oxygen atoms in total. The van der Waals surface area contributed by atoms with Gasteiger partial charge >= 0.3 is 0 Å². The number of imidazole rings is 1. The van der Waals surface area contributed by atoms with Crippen LogP contribution in [0, 0.1) is 13.8 Å². The summed E-state index contributed by atoms with van der Waals surface area (Å²) in [6.07, 6.45) is 2.86. The van der Waals surface area contributed by atoms with Crippen LogP contribution in [0.2, 0.25) is 0 Å². The van der Waals surface area contributed by atoms with E-state index in [2.05, 4.69) is 20.5 Å². The number of ether oxygens (including phenoxy) is 1. The van der Waals surface area contributed by atoms with E-state index in [1.165, 1.54) is 0 Å². The van der Waals surface area contributed by atoms with Crippen LogP contribution >= 0.6 is 0 Å². The van der Waals surface area contributed by atoms with E-state index in [1.807, 2.05) is 54.8 Å². The van der Waals surface area contributed by atoms with E-state index in [4.69, 9.17) is 4.74 Å². The quantitative estimate of drug-likeness (QED) is 0.477. The predicted octanol–water partition coefficient (Wildman–Crippen LogP) is 4.64. The Balaban J connectivity index is 1.32. The Morgan fingerprint density at radius 1 is 0.968 bits per heavy atom. The highest BCUT2D eigenvalue weighted by Crippen LogP contribution is 2.22. The number of benzene rings is 2. The van der Waals surface area contributed by atoms with Gasteiger partial charge in [-0.25, -0.2) is 4.98 Å². The monoisotopic (exact) mass is 413 g/mol. The van der Waals surface area contributed by atoms with Crippen LogP contribution in [0.4, 0.5) is 5.69 Å². The predicted molar refractivity (Wildman–Crippen MR) is 119 cm³/mol. The van der Waals surface area contributed by atoms with Crippen molar-refractivity contribution >= 4 is 11.6 Å². The molecule has 0 unspecified atom stereocenters. The maximum atomic E-state index is 12.2. The van der Waals surface area contributed by atoms with E-state index in [9.17, 15) is 4.79 Å². The van der Waals surface area contributed by atoms with Crippen molar-refractivity contribution in [2.24, 2.45) is 0 Å². The van der Waals surface area contributed by atoms with Gasteiger partial charge in [0, 0.05) is 23.9 Å². The van der Waals surface area contributed by atoms with Gasteiger partial charge in [-0.1, -0.05) is 30.3 Å². The zero-order valence-electron chi connectivity index (χ0n) is 17.4. The van der Waals surface area contributed by atoms with Crippen LogP contribution in [-0.4, -0.2) is 25.7 Å². The number of carbonyl (C=O) groups is 1. The molecule has 0 fully saturated rings. The molecule has 0 spiro atoms. The number of hydrogen-bond donors (Lipinski definition) is 1. The second-order valence-corrected chi connectivity index (χ2v) is 7.18. The number of hydrogen-bond acceptors (Lipinski definition) is 5. The Labute approximate surface area is 180 Å². The molecule has 31 heavy (non-hydrogen) atoms. The lowest BCUT2D eigenvalue weighted by Crippen LogP contribution is -2.12. The van der Waals surface area contributed by atoms with Gasteiger partial charge in [-0.3, -0.25) is 9.36 Å². The van der Waals surface area contributed by atoms with Gasteiger partial charge in [0.1, 0.15) is 12.1 Å².